The lowest BCUT2D eigenvalue weighted by Gasteiger charge is -2.19. The zero-order valence-electron chi connectivity index (χ0n) is 16.9. The van der Waals surface area contributed by atoms with Crippen LogP contribution in [-0.2, 0) is 16.0 Å². The van der Waals surface area contributed by atoms with Crippen LogP contribution < -0.4 is 11.3 Å². The number of benzene rings is 2. The first kappa shape index (κ1) is 20.3. The summed E-state index contributed by atoms with van der Waals surface area (Å²) in [7, 11) is 1.59. The molecular weight excluding hydrogens is 398 g/mol. The molecule has 0 aliphatic carbocycles. The SMILES string of the molecule is CCC(C(N)=O)n1c(CCOC)nc2scc(-c3ccc4ccccc4c3)c2c1=O. The van der Waals surface area contributed by atoms with E-state index in [-0.39, 0.29) is 5.56 Å². The minimum Gasteiger partial charge on any atom is -0.384 e. The maximum Gasteiger partial charge on any atom is 0.263 e. The van der Waals surface area contributed by atoms with Gasteiger partial charge in [0.15, 0.2) is 0 Å². The third kappa shape index (κ3) is 3.51. The Morgan fingerprint density at radius 2 is 2.00 bits per heavy atom. The molecule has 4 aromatic rings. The molecule has 30 heavy (non-hydrogen) atoms. The van der Waals surface area contributed by atoms with Crippen LogP contribution in [0.4, 0.5) is 0 Å². The third-order valence-corrected chi connectivity index (χ3v) is 6.20. The van der Waals surface area contributed by atoms with Crippen LogP contribution in [0, 0.1) is 0 Å². The van der Waals surface area contributed by atoms with E-state index in [0.717, 1.165) is 21.9 Å². The van der Waals surface area contributed by atoms with Crippen LogP contribution in [0.1, 0.15) is 25.2 Å². The molecule has 2 heterocycles. The molecule has 7 heteroatoms. The molecule has 6 nitrogen and oxygen atoms in total. The van der Waals surface area contributed by atoms with Crippen LogP contribution in [0.2, 0.25) is 0 Å². The Labute approximate surface area is 177 Å². The highest BCUT2D eigenvalue weighted by Crippen LogP contribution is 2.33. The summed E-state index contributed by atoms with van der Waals surface area (Å²) in [5.74, 6) is -0.0196. The number of rotatable bonds is 7. The average Bonchev–Trinajstić information content (AvgIpc) is 3.18. The number of ether oxygens (including phenoxy) is 1. The number of carbonyl (C=O) groups is 1. The molecule has 0 fully saturated rings. The van der Waals surface area contributed by atoms with Crippen LogP contribution >= 0.6 is 11.3 Å². The molecule has 1 unspecified atom stereocenters. The lowest BCUT2D eigenvalue weighted by atomic mass is 10.0. The fourth-order valence-electron chi connectivity index (χ4n) is 3.82. The highest BCUT2D eigenvalue weighted by Gasteiger charge is 2.24. The second kappa shape index (κ2) is 8.38. The summed E-state index contributed by atoms with van der Waals surface area (Å²) in [5, 5.41) is 4.72. The number of hydrogen-bond donors (Lipinski definition) is 1. The molecule has 154 valence electrons. The van der Waals surface area contributed by atoms with Gasteiger partial charge in [0, 0.05) is 24.5 Å². The van der Waals surface area contributed by atoms with Crippen molar-refractivity contribution >= 4 is 38.2 Å². The Hall–Kier alpha value is -3.03. The van der Waals surface area contributed by atoms with E-state index in [9.17, 15) is 9.59 Å². The van der Waals surface area contributed by atoms with Crippen molar-refractivity contribution in [2.75, 3.05) is 13.7 Å². The van der Waals surface area contributed by atoms with Crippen molar-refractivity contribution in [2.45, 2.75) is 25.8 Å². The summed E-state index contributed by atoms with van der Waals surface area (Å²) >= 11 is 1.43. The molecule has 0 bridgehead atoms. The quantitative estimate of drug-likeness (QED) is 0.490. The maximum atomic E-state index is 13.6. The summed E-state index contributed by atoms with van der Waals surface area (Å²) in [5.41, 5.74) is 7.16. The smallest absolute Gasteiger partial charge is 0.263 e. The van der Waals surface area contributed by atoms with Gasteiger partial charge in [-0.3, -0.25) is 14.2 Å². The highest BCUT2D eigenvalue weighted by molar-refractivity contribution is 7.17. The number of nitrogens with zero attached hydrogens (tertiary/aromatic N) is 2. The topological polar surface area (TPSA) is 87.2 Å². The monoisotopic (exact) mass is 421 g/mol. The van der Waals surface area contributed by atoms with Gasteiger partial charge in [-0.15, -0.1) is 11.3 Å². The molecule has 0 aliphatic rings. The summed E-state index contributed by atoms with van der Waals surface area (Å²) in [6.45, 7) is 2.24. The summed E-state index contributed by atoms with van der Waals surface area (Å²) < 4.78 is 6.63. The van der Waals surface area contributed by atoms with E-state index in [4.69, 9.17) is 15.5 Å². The molecule has 1 atom stereocenters. The minimum absolute atomic E-state index is 0.235. The van der Waals surface area contributed by atoms with Gasteiger partial charge in [0.25, 0.3) is 5.56 Å². The molecule has 0 radical (unpaired) electrons. The zero-order valence-corrected chi connectivity index (χ0v) is 17.7. The van der Waals surface area contributed by atoms with E-state index in [2.05, 4.69) is 12.1 Å². The van der Waals surface area contributed by atoms with Crippen LogP contribution in [0.3, 0.4) is 0 Å². The predicted molar refractivity (Wildman–Crippen MR) is 121 cm³/mol. The first-order valence-electron chi connectivity index (χ1n) is 9.85. The molecule has 4 rings (SSSR count). The molecular formula is C23H23N3O3S. The Kier molecular flexibility index (Phi) is 5.65. The number of amides is 1. The second-order valence-corrected chi connectivity index (χ2v) is 8.02. The predicted octanol–water partition coefficient (Wildman–Crippen LogP) is 3.90. The fraction of sp³-hybridized carbons (Fsp3) is 0.261. The number of hydrogen-bond acceptors (Lipinski definition) is 5. The van der Waals surface area contributed by atoms with Crippen LogP contribution in [0.15, 0.2) is 52.6 Å². The number of thiophene rings is 1. The van der Waals surface area contributed by atoms with E-state index in [0.29, 0.717) is 35.5 Å². The molecule has 2 aromatic heterocycles. The van der Waals surface area contributed by atoms with Crippen molar-refractivity contribution in [1.82, 2.24) is 9.55 Å². The van der Waals surface area contributed by atoms with Gasteiger partial charge >= 0.3 is 0 Å². The molecule has 2 aromatic carbocycles. The van der Waals surface area contributed by atoms with E-state index in [1.807, 2.05) is 42.6 Å². The molecule has 0 saturated carbocycles. The Bertz CT molecular complexity index is 1290. The summed E-state index contributed by atoms with van der Waals surface area (Å²) in [6.07, 6.45) is 0.840. The van der Waals surface area contributed by atoms with Gasteiger partial charge in [0.1, 0.15) is 16.7 Å². The van der Waals surface area contributed by atoms with Crippen molar-refractivity contribution in [2.24, 2.45) is 5.73 Å². The van der Waals surface area contributed by atoms with E-state index < -0.39 is 11.9 Å². The molecule has 0 spiro atoms. The number of methoxy groups -OCH3 is 1. The van der Waals surface area contributed by atoms with Gasteiger partial charge in [0.2, 0.25) is 5.91 Å². The van der Waals surface area contributed by atoms with Gasteiger partial charge in [0.05, 0.1) is 12.0 Å². The first-order chi connectivity index (χ1) is 14.5. The van der Waals surface area contributed by atoms with Crippen molar-refractivity contribution in [3.8, 4) is 11.1 Å². The van der Waals surface area contributed by atoms with E-state index in [1.165, 1.54) is 15.9 Å². The van der Waals surface area contributed by atoms with E-state index in [1.54, 1.807) is 7.11 Å². The lowest BCUT2D eigenvalue weighted by Crippen LogP contribution is -2.36. The van der Waals surface area contributed by atoms with Gasteiger partial charge < -0.3 is 10.5 Å². The van der Waals surface area contributed by atoms with E-state index >= 15 is 0 Å². The standard InChI is InChI=1S/C23H23N3O3S/c1-3-18(21(24)27)26-19(10-11-29-2)25-22-20(23(26)28)17(13-30-22)16-9-8-14-6-4-5-7-15(14)12-16/h4-9,12-13,18H,3,10-11H2,1-2H3,(H2,24,27). The zero-order chi connectivity index (χ0) is 21.3. The number of primary amides is 1. The van der Waals surface area contributed by atoms with Crippen LogP contribution in [0.25, 0.3) is 32.1 Å². The van der Waals surface area contributed by atoms with Crippen LogP contribution in [0.5, 0.6) is 0 Å². The molecule has 2 N–H and O–H groups in total. The lowest BCUT2D eigenvalue weighted by molar-refractivity contribution is -0.121. The minimum atomic E-state index is -0.745. The Morgan fingerprint density at radius 1 is 1.23 bits per heavy atom. The largest absolute Gasteiger partial charge is 0.384 e. The normalized spacial score (nSPS) is 12.5. The molecule has 1 amide bonds. The Balaban J connectivity index is 1.96. The second-order valence-electron chi connectivity index (χ2n) is 7.16. The van der Waals surface area contributed by atoms with Gasteiger partial charge in [-0.05, 0) is 28.8 Å². The maximum absolute atomic E-state index is 13.6. The number of aromatic nitrogens is 2. The van der Waals surface area contributed by atoms with Crippen molar-refractivity contribution in [3.05, 3.63) is 64.0 Å². The van der Waals surface area contributed by atoms with Gasteiger partial charge in [-0.2, -0.15) is 0 Å². The summed E-state index contributed by atoms with van der Waals surface area (Å²) in [6, 6.07) is 13.5. The third-order valence-electron chi connectivity index (χ3n) is 5.33. The Morgan fingerprint density at radius 3 is 2.70 bits per heavy atom. The number of nitrogens with two attached hydrogens (primary N) is 1. The number of carbonyl (C=O) groups excluding carboxylic acids is 1. The average molecular weight is 422 g/mol. The first-order valence-corrected chi connectivity index (χ1v) is 10.7. The van der Waals surface area contributed by atoms with Crippen molar-refractivity contribution in [1.29, 1.82) is 0 Å². The summed E-state index contributed by atoms with van der Waals surface area (Å²) in [4.78, 5) is 31.1. The van der Waals surface area contributed by atoms with Crippen molar-refractivity contribution in [3.63, 3.8) is 0 Å². The highest BCUT2D eigenvalue weighted by atomic mass is 32.1. The molecule has 0 saturated heterocycles. The van der Waals surface area contributed by atoms with Crippen molar-refractivity contribution < 1.29 is 9.53 Å². The fourth-order valence-corrected chi connectivity index (χ4v) is 4.77. The van der Waals surface area contributed by atoms with Gasteiger partial charge in [-0.25, -0.2) is 4.98 Å². The number of fused-ring (bicyclic) bond motifs is 2. The van der Waals surface area contributed by atoms with Gasteiger partial charge in [-0.1, -0.05) is 43.3 Å². The van der Waals surface area contributed by atoms with Crippen LogP contribution in [-0.4, -0.2) is 29.2 Å². The molecule has 0 aliphatic heterocycles.